The second kappa shape index (κ2) is 5.48. The van der Waals surface area contributed by atoms with Gasteiger partial charge in [-0.3, -0.25) is 0 Å². The van der Waals surface area contributed by atoms with Crippen molar-refractivity contribution in [3.05, 3.63) is 34.9 Å². The molecule has 2 rings (SSSR count). The molecule has 116 valence electrons. The van der Waals surface area contributed by atoms with Crippen LogP contribution in [0.5, 0.6) is 0 Å². The van der Waals surface area contributed by atoms with Gasteiger partial charge in [0.1, 0.15) is 11.7 Å². The van der Waals surface area contributed by atoms with E-state index in [-0.39, 0.29) is 0 Å². The van der Waals surface area contributed by atoms with Gasteiger partial charge in [-0.2, -0.15) is 0 Å². The minimum Gasteiger partial charge on any atom is -0.443 e. The van der Waals surface area contributed by atoms with E-state index in [4.69, 9.17) is 22.2 Å². The van der Waals surface area contributed by atoms with E-state index >= 15 is 0 Å². The molecule has 1 aliphatic carbocycles. The number of aliphatic hydroxyl groups excluding tert-OH is 1. The molecule has 0 bridgehead atoms. The predicted molar refractivity (Wildman–Crippen MR) is 80.6 cm³/mol. The molecule has 0 heterocycles. The maximum Gasteiger partial charge on any atom is 0.425 e. The quantitative estimate of drug-likeness (QED) is 0.511. The summed E-state index contributed by atoms with van der Waals surface area (Å²) in [6.07, 6.45) is -0.237. The van der Waals surface area contributed by atoms with Crippen LogP contribution < -0.4 is 5.84 Å². The van der Waals surface area contributed by atoms with Crippen molar-refractivity contribution < 1.29 is 14.6 Å². The van der Waals surface area contributed by atoms with Crippen LogP contribution in [0.2, 0.25) is 5.02 Å². The van der Waals surface area contributed by atoms with Crippen molar-refractivity contribution >= 4 is 17.7 Å². The summed E-state index contributed by atoms with van der Waals surface area (Å²) in [6, 6.07) is 6.86. The van der Waals surface area contributed by atoms with E-state index in [0.29, 0.717) is 23.4 Å². The molecule has 6 heteroatoms. The number of rotatable bonds is 3. The van der Waals surface area contributed by atoms with E-state index in [0.717, 1.165) is 5.01 Å². The van der Waals surface area contributed by atoms with Gasteiger partial charge in [0.15, 0.2) is 0 Å². The van der Waals surface area contributed by atoms with Gasteiger partial charge in [-0.15, -0.1) is 0 Å². The molecule has 21 heavy (non-hydrogen) atoms. The molecule has 1 aromatic carbocycles. The van der Waals surface area contributed by atoms with E-state index in [1.165, 1.54) is 0 Å². The molecule has 1 fully saturated rings. The van der Waals surface area contributed by atoms with Gasteiger partial charge in [-0.1, -0.05) is 23.7 Å². The lowest BCUT2D eigenvalue weighted by atomic mass is 10.00. The Balaban J connectivity index is 2.14. The summed E-state index contributed by atoms with van der Waals surface area (Å²) in [5.41, 5.74) is -0.748. The molecule has 0 aromatic heterocycles. The Bertz CT molecular complexity index is 521. The zero-order valence-corrected chi connectivity index (χ0v) is 13.2. The highest BCUT2D eigenvalue weighted by molar-refractivity contribution is 6.30. The standard InChI is InChI=1S/C15H21ClN2O3/c1-14(2,3)21-13(20)18(17)15(8-9-15)12(19)10-4-6-11(16)7-5-10/h4-7,12,19H,8-9,17H2,1-3H3. The first-order chi connectivity index (χ1) is 9.66. The lowest BCUT2D eigenvalue weighted by Crippen LogP contribution is -2.52. The molecule has 1 saturated carbocycles. The summed E-state index contributed by atoms with van der Waals surface area (Å²) in [5, 5.41) is 12.2. The molecule has 1 aromatic rings. The van der Waals surface area contributed by atoms with E-state index in [2.05, 4.69) is 0 Å². The first-order valence-electron chi connectivity index (χ1n) is 6.87. The fourth-order valence-corrected chi connectivity index (χ4v) is 2.35. The number of nitrogens with zero attached hydrogens (tertiary/aromatic N) is 1. The Hall–Kier alpha value is -1.30. The van der Waals surface area contributed by atoms with Crippen molar-refractivity contribution in [3.63, 3.8) is 0 Å². The largest absolute Gasteiger partial charge is 0.443 e. The highest BCUT2D eigenvalue weighted by Crippen LogP contribution is 2.50. The number of halogens is 1. The molecule has 1 amide bonds. The summed E-state index contributed by atoms with van der Waals surface area (Å²) < 4.78 is 5.26. The maximum atomic E-state index is 12.1. The average Bonchev–Trinajstić information content (AvgIpc) is 3.17. The second-order valence-electron chi connectivity index (χ2n) is 6.41. The third kappa shape index (κ3) is 3.48. The van der Waals surface area contributed by atoms with Crippen LogP contribution in [0.3, 0.4) is 0 Å². The summed E-state index contributed by atoms with van der Waals surface area (Å²) in [7, 11) is 0. The summed E-state index contributed by atoms with van der Waals surface area (Å²) in [6.45, 7) is 5.32. The van der Waals surface area contributed by atoms with Crippen LogP contribution in [-0.2, 0) is 4.74 Å². The number of aliphatic hydroxyl groups is 1. The Kier molecular flexibility index (Phi) is 4.19. The minimum atomic E-state index is -0.868. The van der Waals surface area contributed by atoms with Crippen LogP contribution in [-0.4, -0.2) is 27.3 Å². The number of ether oxygens (including phenoxy) is 1. The van der Waals surface area contributed by atoms with Crippen molar-refractivity contribution in [2.75, 3.05) is 0 Å². The Morgan fingerprint density at radius 1 is 1.38 bits per heavy atom. The smallest absolute Gasteiger partial charge is 0.425 e. The van der Waals surface area contributed by atoms with Crippen LogP contribution >= 0.6 is 11.6 Å². The third-order valence-electron chi connectivity index (χ3n) is 3.53. The number of amides is 1. The molecule has 0 aliphatic heterocycles. The molecule has 1 unspecified atom stereocenters. The second-order valence-corrected chi connectivity index (χ2v) is 6.84. The SMILES string of the molecule is CC(C)(C)OC(=O)N(N)C1(C(O)c2ccc(Cl)cc2)CC1. The molecule has 3 N–H and O–H groups in total. The third-order valence-corrected chi connectivity index (χ3v) is 3.78. The summed E-state index contributed by atoms with van der Waals surface area (Å²) in [4.78, 5) is 12.1. The molecule has 5 nitrogen and oxygen atoms in total. The van der Waals surface area contributed by atoms with Crippen molar-refractivity contribution in [1.29, 1.82) is 0 Å². The minimum absolute atomic E-state index is 0.590. The summed E-state index contributed by atoms with van der Waals surface area (Å²) >= 11 is 5.84. The highest BCUT2D eigenvalue weighted by atomic mass is 35.5. The normalized spacial score (nSPS) is 18.0. The van der Waals surface area contributed by atoms with Crippen molar-refractivity contribution in [3.8, 4) is 0 Å². The zero-order valence-electron chi connectivity index (χ0n) is 12.5. The number of hydrogen-bond acceptors (Lipinski definition) is 4. The first-order valence-corrected chi connectivity index (χ1v) is 7.25. The average molecular weight is 313 g/mol. The Morgan fingerprint density at radius 3 is 2.33 bits per heavy atom. The molecule has 0 spiro atoms. The number of hydrogen-bond donors (Lipinski definition) is 2. The maximum absolute atomic E-state index is 12.1. The van der Waals surface area contributed by atoms with Gasteiger partial charge < -0.3 is 9.84 Å². The van der Waals surface area contributed by atoms with Crippen LogP contribution in [0.15, 0.2) is 24.3 Å². The molecule has 0 saturated heterocycles. The first kappa shape index (κ1) is 16.1. The van der Waals surface area contributed by atoms with Crippen molar-refractivity contribution in [1.82, 2.24) is 5.01 Å². The fraction of sp³-hybridized carbons (Fsp3) is 0.533. The topological polar surface area (TPSA) is 75.8 Å². The van der Waals surface area contributed by atoms with Gasteiger partial charge >= 0.3 is 6.09 Å². The van der Waals surface area contributed by atoms with E-state index in [1.807, 2.05) is 0 Å². The molecule has 1 atom stereocenters. The predicted octanol–water partition coefficient (Wildman–Crippen LogP) is 3.02. The number of hydrazine groups is 1. The Morgan fingerprint density at radius 2 is 1.90 bits per heavy atom. The van der Waals surface area contributed by atoms with Gasteiger partial charge in [-0.05, 0) is 51.3 Å². The van der Waals surface area contributed by atoms with Crippen LogP contribution in [0.4, 0.5) is 4.79 Å². The van der Waals surface area contributed by atoms with Gasteiger partial charge in [0.2, 0.25) is 0 Å². The lowest BCUT2D eigenvalue weighted by molar-refractivity contribution is -0.0150. The lowest BCUT2D eigenvalue weighted by Gasteiger charge is -2.33. The highest BCUT2D eigenvalue weighted by Gasteiger charge is 2.56. The van der Waals surface area contributed by atoms with Crippen molar-refractivity contribution in [2.24, 2.45) is 5.84 Å². The monoisotopic (exact) mass is 312 g/mol. The van der Waals surface area contributed by atoms with Gasteiger partial charge in [0.25, 0.3) is 0 Å². The van der Waals surface area contributed by atoms with Crippen LogP contribution in [0.1, 0.15) is 45.3 Å². The number of carbonyl (C=O) groups is 1. The summed E-state index contributed by atoms with van der Waals surface area (Å²) in [5.74, 6) is 5.91. The number of nitrogens with two attached hydrogens (primary N) is 1. The molecule has 1 aliphatic rings. The van der Waals surface area contributed by atoms with Crippen molar-refractivity contribution in [2.45, 2.75) is 50.9 Å². The van der Waals surface area contributed by atoms with Crippen LogP contribution in [0, 0.1) is 0 Å². The number of benzene rings is 1. The van der Waals surface area contributed by atoms with Gasteiger partial charge in [0, 0.05) is 5.02 Å². The Labute approximate surface area is 129 Å². The van der Waals surface area contributed by atoms with E-state index < -0.39 is 23.3 Å². The molecule has 0 radical (unpaired) electrons. The van der Waals surface area contributed by atoms with Gasteiger partial charge in [-0.25, -0.2) is 15.6 Å². The molecular formula is C15H21ClN2O3. The van der Waals surface area contributed by atoms with Gasteiger partial charge in [0.05, 0.1) is 5.54 Å². The van der Waals surface area contributed by atoms with E-state index in [9.17, 15) is 9.90 Å². The fourth-order valence-electron chi connectivity index (χ4n) is 2.22. The molecular weight excluding hydrogens is 292 g/mol. The van der Waals surface area contributed by atoms with Crippen LogP contribution in [0.25, 0.3) is 0 Å². The number of carbonyl (C=O) groups excluding carboxylic acids is 1. The van der Waals surface area contributed by atoms with E-state index in [1.54, 1.807) is 45.0 Å². The zero-order chi connectivity index (χ0) is 15.8.